The molecule has 0 fully saturated rings. The molecule has 0 rings (SSSR count). The van der Waals surface area contributed by atoms with Gasteiger partial charge in [-0.25, -0.2) is 0 Å². The Hall–Kier alpha value is 0.790. The zero-order valence-corrected chi connectivity index (χ0v) is 15.9. The van der Waals surface area contributed by atoms with E-state index in [1.165, 1.54) is 0 Å². The monoisotopic (exact) mass is 358 g/mol. The van der Waals surface area contributed by atoms with Crippen LogP contribution in [0.5, 0.6) is 0 Å². The van der Waals surface area contributed by atoms with Gasteiger partial charge in [0.25, 0.3) is 0 Å². The molecule has 0 saturated carbocycles. The summed E-state index contributed by atoms with van der Waals surface area (Å²) >= 11 is -1.65. The minimum absolute atomic E-state index is 0.910. The molecule has 0 heterocycles. The maximum absolute atomic E-state index is 2.43. The first-order valence-corrected chi connectivity index (χ1v) is 14.0. The van der Waals surface area contributed by atoms with E-state index in [-0.39, 0.29) is 0 Å². The Morgan fingerprint density at radius 2 is 0.647 bits per heavy atom. The molecule has 0 N–H and O–H groups in total. The standard InChI is InChI=1S/C16H36Te/c1-13(2)9-17(10-14(3)4,11-15(5)6)12-16(7)8/h13-16H,9-12H2,1-8H3. The molecule has 1 heteroatoms. The van der Waals surface area contributed by atoms with Crippen molar-refractivity contribution < 1.29 is 0 Å². The van der Waals surface area contributed by atoms with Crippen LogP contribution in [-0.2, 0) is 0 Å². The van der Waals surface area contributed by atoms with Crippen LogP contribution < -0.4 is 0 Å². The zero-order valence-electron chi connectivity index (χ0n) is 13.5. The molecule has 0 atom stereocenters. The molecule has 0 amide bonds. The number of rotatable bonds is 8. The first-order valence-electron chi connectivity index (χ1n) is 7.41. The molecule has 17 heavy (non-hydrogen) atoms. The second-order valence-corrected chi connectivity index (χ2v) is 18.3. The normalized spacial score (nSPS) is 14.4. The van der Waals surface area contributed by atoms with Gasteiger partial charge in [-0.2, -0.15) is 0 Å². The third-order valence-corrected chi connectivity index (χ3v) is 18.4. The Bertz CT molecular complexity index is 146. The molecule has 0 aromatic carbocycles. The fraction of sp³-hybridized carbons (Fsp3) is 1.00. The Morgan fingerprint density at radius 3 is 0.765 bits per heavy atom. The van der Waals surface area contributed by atoms with Crippen molar-refractivity contribution in [1.82, 2.24) is 0 Å². The van der Waals surface area contributed by atoms with Gasteiger partial charge in [0.05, 0.1) is 0 Å². The first-order chi connectivity index (χ1) is 7.67. The summed E-state index contributed by atoms with van der Waals surface area (Å²) in [5, 5.41) is 0. The van der Waals surface area contributed by atoms with E-state index in [1.807, 2.05) is 0 Å². The summed E-state index contributed by atoms with van der Waals surface area (Å²) in [6.07, 6.45) is 0. The van der Waals surface area contributed by atoms with Crippen LogP contribution in [0, 0.1) is 23.7 Å². The van der Waals surface area contributed by atoms with Gasteiger partial charge in [-0.05, 0) is 0 Å². The Labute approximate surface area is 115 Å². The van der Waals surface area contributed by atoms with Gasteiger partial charge in [0.1, 0.15) is 0 Å². The molecule has 0 spiro atoms. The van der Waals surface area contributed by atoms with Crippen molar-refractivity contribution in [3.63, 3.8) is 0 Å². The topological polar surface area (TPSA) is 0 Å². The first kappa shape index (κ1) is 17.8. The van der Waals surface area contributed by atoms with Crippen molar-refractivity contribution >= 4 is 18.2 Å². The predicted molar refractivity (Wildman–Crippen MR) is 84.3 cm³/mol. The molecule has 0 aromatic heterocycles. The van der Waals surface area contributed by atoms with Crippen LogP contribution in [-0.4, -0.2) is 18.2 Å². The predicted octanol–water partition coefficient (Wildman–Crippen LogP) is 6.06. The molecule has 0 saturated heterocycles. The SMILES string of the molecule is CC(C)C[Te](CC(C)C)(CC(C)C)CC(C)C. The van der Waals surface area contributed by atoms with Gasteiger partial charge in [0, 0.05) is 0 Å². The quantitative estimate of drug-likeness (QED) is 0.464. The Morgan fingerprint density at radius 1 is 0.471 bits per heavy atom. The minimum atomic E-state index is -1.65. The van der Waals surface area contributed by atoms with E-state index in [0.29, 0.717) is 0 Å². The average molecular weight is 356 g/mol. The Balaban J connectivity index is 4.89. The summed E-state index contributed by atoms with van der Waals surface area (Å²) < 4.78 is 6.38. The average Bonchev–Trinajstić information content (AvgIpc) is 1.95. The third kappa shape index (κ3) is 8.50. The molecular weight excluding hydrogens is 320 g/mol. The molecule has 0 aliphatic carbocycles. The van der Waals surface area contributed by atoms with Gasteiger partial charge in [0.2, 0.25) is 0 Å². The van der Waals surface area contributed by atoms with Crippen molar-refractivity contribution in [3.05, 3.63) is 0 Å². The van der Waals surface area contributed by atoms with E-state index < -0.39 is 18.2 Å². The van der Waals surface area contributed by atoms with Gasteiger partial charge < -0.3 is 0 Å². The van der Waals surface area contributed by atoms with Crippen LogP contribution in [0.1, 0.15) is 55.4 Å². The van der Waals surface area contributed by atoms with E-state index in [0.717, 1.165) is 23.7 Å². The summed E-state index contributed by atoms with van der Waals surface area (Å²) in [6.45, 7) is 19.5. The maximum atomic E-state index is 2.43. The number of hydrogen-bond donors (Lipinski definition) is 0. The summed E-state index contributed by atoms with van der Waals surface area (Å²) in [5.41, 5.74) is 0. The van der Waals surface area contributed by atoms with Crippen LogP contribution >= 0.6 is 0 Å². The summed E-state index contributed by atoms with van der Waals surface area (Å²) in [4.78, 5) is 0. The summed E-state index contributed by atoms with van der Waals surface area (Å²) in [7, 11) is 0. The summed E-state index contributed by atoms with van der Waals surface area (Å²) in [5.74, 6) is 3.64. The van der Waals surface area contributed by atoms with Gasteiger partial charge in [-0.3, -0.25) is 0 Å². The molecule has 0 unspecified atom stereocenters. The van der Waals surface area contributed by atoms with Crippen molar-refractivity contribution in [3.8, 4) is 0 Å². The molecule has 0 aromatic rings. The molecule has 0 radical (unpaired) electrons. The van der Waals surface area contributed by atoms with Crippen molar-refractivity contribution in [2.75, 3.05) is 0 Å². The van der Waals surface area contributed by atoms with Crippen LogP contribution in [0.4, 0.5) is 0 Å². The van der Waals surface area contributed by atoms with Gasteiger partial charge in [-0.15, -0.1) is 0 Å². The van der Waals surface area contributed by atoms with E-state index in [4.69, 9.17) is 0 Å². The molecular formula is C16H36Te. The molecule has 0 nitrogen and oxygen atoms in total. The van der Waals surface area contributed by atoms with E-state index in [1.54, 1.807) is 17.9 Å². The second-order valence-electron chi connectivity index (χ2n) is 7.47. The fourth-order valence-corrected chi connectivity index (χ4v) is 21.7. The van der Waals surface area contributed by atoms with Crippen molar-refractivity contribution in [2.24, 2.45) is 23.7 Å². The van der Waals surface area contributed by atoms with Crippen LogP contribution in [0.15, 0.2) is 0 Å². The van der Waals surface area contributed by atoms with Crippen LogP contribution in [0.2, 0.25) is 17.9 Å². The number of hydrogen-bond acceptors (Lipinski definition) is 0. The van der Waals surface area contributed by atoms with Crippen molar-refractivity contribution in [2.45, 2.75) is 73.3 Å². The van der Waals surface area contributed by atoms with E-state index >= 15 is 0 Å². The van der Waals surface area contributed by atoms with E-state index in [9.17, 15) is 0 Å². The van der Waals surface area contributed by atoms with Crippen LogP contribution in [0.3, 0.4) is 0 Å². The van der Waals surface area contributed by atoms with Gasteiger partial charge in [0.15, 0.2) is 0 Å². The second kappa shape index (κ2) is 8.06. The molecule has 0 bridgehead atoms. The van der Waals surface area contributed by atoms with E-state index in [2.05, 4.69) is 55.4 Å². The molecule has 106 valence electrons. The molecule has 0 aliphatic rings. The Kier molecular flexibility index (Phi) is 8.43. The van der Waals surface area contributed by atoms with Crippen LogP contribution in [0.25, 0.3) is 0 Å². The van der Waals surface area contributed by atoms with Gasteiger partial charge >= 0.3 is 115 Å². The summed E-state index contributed by atoms with van der Waals surface area (Å²) in [6, 6.07) is 0. The zero-order chi connectivity index (χ0) is 13.6. The fourth-order valence-electron chi connectivity index (χ4n) is 3.24. The third-order valence-electron chi connectivity index (χ3n) is 2.75. The van der Waals surface area contributed by atoms with Gasteiger partial charge in [-0.1, -0.05) is 0 Å². The van der Waals surface area contributed by atoms with Crippen molar-refractivity contribution in [1.29, 1.82) is 0 Å². The molecule has 0 aliphatic heterocycles.